The van der Waals surface area contributed by atoms with E-state index in [9.17, 15) is 9.90 Å². The molecule has 0 aromatic heterocycles. The van der Waals surface area contributed by atoms with Crippen molar-refractivity contribution in [3.63, 3.8) is 0 Å². The molecule has 0 bridgehead atoms. The number of amides is 1. The van der Waals surface area contributed by atoms with Gasteiger partial charge in [-0.1, -0.05) is 11.9 Å². The van der Waals surface area contributed by atoms with Gasteiger partial charge in [-0.2, -0.15) is 0 Å². The van der Waals surface area contributed by atoms with E-state index in [-0.39, 0.29) is 11.8 Å². The molecule has 1 aliphatic heterocycles. The van der Waals surface area contributed by atoms with Crippen LogP contribution in [-0.2, 0) is 4.79 Å². The highest BCUT2D eigenvalue weighted by atomic mass is 32.2. The number of hydrogen-bond acceptors (Lipinski definition) is 4. The summed E-state index contributed by atoms with van der Waals surface area (Å²) < 4.78 is 2.29. The van der Waals surface area contributed by atoms with Crippen LogP contribution in [0.5, 0.6) is 0 Å². The van der Waals surface area contributed by atoms with E-state index in [0.717, 1.165) is 25.9 Å². The normalized spacial score (nSPS) is 20.8. The first-order valence-corrected chi connectivity index (χ1v) is 6.95. The molecule has 0 aromatic rings. The van der Waals surface area contributed by atoms with Crippen molar-refractivity contribution in [3.8, 4) is 0 Å². The van der Waals surface area contributed by atoms with Crippen LogP contribution in [0, 0.1) is 5.92 Å². The van der Waals surface area contributed by atoms with Crippen molar-refractivity contribution in [2.75, 3.05) is 32.9 Å². The maximum atomic E-state index is 12.0. The Morgan fingerprint density at radius 1 is 1.56 bits per heavy atom. The summed E-state index contributed by atoms with van der Waals surface area (Å²) in [5.41, 5.74) is 0. The highest BCUT2D eigenvalue weighted by Gasteiger charge is 2.27. The summed E-state index contributed by atoms with van der Waals surface area (Å²) >= 11 is 1.75. The molecule has 1 N–H and O–H groups in total. The molecule has 0 aromatic carbocycles. The average Bonchev–Trinajstić information content (AvgIpc) is 2.27. The Balaban J connectivity index is 2.38. The molecular formula is C11H22N2O2S. The van der Waals surface area contributed by atoms with Crippen molar-refractivity contribution in [2.24, 2.45) is 5.92 Å². The Labute approximate surface area is 102 Å². The Morgan fingerprint density at radius 2 is 2.12 bits per heavy atom. The van der Waals surface area contributed by atoms with E-state index in [0.29, 0.717) is 6.54 Å². The fraction of sp³-hybridized carbons (Fsp3) is 0.909. The number of carbonyl (C=O) groups excluding carboxylic acids is 1. The number of piperidine rings is 1. The fourth-order valence-corrected chi connectivity index (χ4v) is 2.66. The van der Waals surface area contributed by atoms with Gasteiger partial charge in [-0.25, -0.2) is 0 Å². The number of aliphatic hydroxyl groups excluding tert-OH is 1. The van der Waals surface area contributed by atoms with Crippen LogP contribution in [0.4, 0.5) is 0 Å². The number of nitrogens with zero attached hydrogens (tertiary/aromatic N) is 2. The van der Waals surface area contributed by atoms with E-state index in [4.69, 9.17) is 0 Å². The lowest BCUT2D eigenvalue weighted by Crippen LogP contribution is -2.41. The van der Waals surface area contributed by atoms with Crippen molar-refractivity contribution in [1.82, 2.24) is 9.21 Å². The average molecular weight is 246 g/mol. The number of likely N-dealkylation sites (N-methyl/N-ethyl adjacent to an activating group) is 1. The van der Waals surface area contributed by atoms with Crippen LogP contribution in [0.25, 0.3) is 0 Å². The van der Waals surface area contributed by atoms with Gasteiger partial charge in [-0.3, -0.25) is 9.10 Å². The van der Waals surface area contributed by atoms with Gasteiger partial charge < -0.3 is 10.0 Å². The number of hydrogen-bond donors (Lipinski definition) is 1. The lowest BCUT2D eigenvalue weighted by atomic mass is 9.96. The molecule has 16 heavy (non-hydrogen) atoms. The lowest BCUT2D eigenvalue weighted by molar-refractivity contribution is -0.136. The SMILES string of the molecule is CSN1CCC(C(=O)N(C)CC(C)O)CC1. The third kappa shape index (κ3) is 3.96. The van der Waals surface area contributed by atoms with Crippen molar-refractivity contribution in [3.05, 3.63) is 0 Å². The van der Waals surface area contributed by atoms with E-state index in [1.807, 2.05) is 0 Å². The molecular weight excluding hydrogens is 224 g/mol. The molecule has 0 aliphatic carbocycles. The number of rotatable bonds is 4. The van der Waals surface area contributed by atoms with Crippen LogP contribution in [0.15, 0.2) is 0 Å². The number of aliphatic hydroxyl groups is 1. The molecule has 1 unspecified atom stereocenters. The topological polar surface area (TPSA) is 43.8 Å². The zero-order chi connectivity index (χ0) is 12.1. The fourth-order valence-electron chi connectivity index (χ4n) is 2.08. The van der Waals surface area contributed by atoms with Crippen LogP contribution >= 0.6 is 11.9 Å². The third-order valence-electron chi connectivity index (χ3n) is 2.98. The van der Waals surface area contributed by atoms with E-state index in [1.165, 1.54) is 0 Å². The zero-order valence-corrected chi connectivity index (χ0v) is 11.2. The molecule has 1 aliphatic rings. The molecule has 0 saturated carbocycles. The smallest absolute Gasteiger partial charge is 0.225 e. The Bertz CT molecular complexity index is 228. The molecule has 1 atom stereocenters. The summed E-state index contributed by atoms with van der Waals surface area (Å²) in [6.45, 7) is 4.11. The van der Waals surface area contributed by atoms with Crippen molar-refractivity contribution in [2.45, 2.75) is 25.9 Å². The Hall–Kier alpha value is -0.260. The van der Waals surface area contributed by atoms with Gasteiger partial charge in [-0.15, -0.1) is 0 Å². The molecule has 4 nitrogen and oxygen atoms in total. The van der Waals surface area contributed by atoms with Gasteiger partial charge in [0.1, 0.15) is 0 Å². The Morgan fingerprint density at radius 3 is 2.56 bits per heavy atom. The minimum Gasteiger partial charge on any atom is -0.392 e. The quantitative estimate of drug-likeness (QED) is 0.746. The van der Waals surface area contributed by atoms with E-state index < -0.39 is 6.10 Å². The molecule has 1 heterocycles. The largest absolute Gasteiger partial charge is 0.392 e. The summed E-state index contributed by atoms with van der Waals surface area (Å²) in [4.78, 5) is 13.7. The van der Waals surface area contributed by atoms with Gasteiger partial charge >= 0.3 is 0 Å². The number of carbonyl (C=O) groups is 1. The first-order chi connectivity index (χ1) is 7.54. The van der Waals surface area contributed by atoms with Crippen molar-refractivity contribution >= 4 is 17.9 Å². The van der Waals surface area contributed by atoms with E-state index >= 15 is 0 Å². The minimum atomic E-state index is -0.444. The predicted molar refractivity (Wildman–Crippen MR) is 67.1 cm³/mol. The van der Waals surface area contributed by atoms with Crippen LogP contribution in [0.2, 0.25) is 0 Å². The van der Waals surface area contributed by atoms with Gasteiger partial charge in [0.15, 0.2) is 0 Å². The highest BCUT2D eigenvalue weighted by molar-refractivity contribution is 7.96. The van der Waals surface area contributed by atoms with E-state index in [2.05, 4.69) is 10.6 Å². The summed E-state index contributed by atoms with van der Waals surface area (Å²) in [6, 6.07) is 0. The molecule has 1 rings (SSSR count). The molecule has 1 amide bonds. The molecule has 5 heteroatoms. The third-order valence-corrected chi connectivity index (χ3v) is 3.86. The molecule has 94 valence electrons. The van der Waals surface area contributed by atoms with Gasteiger partial charge in [0, 0.05) is 32.6 Å². The predicted octanol–water partition coefficient (Wildman–Crippen LogP) is 0.816. The maximum Gasteiger partial charge on any atom is 0.225 e. The molecule has 0 radical (unpaired) electrons. The second kappa shape index (κ2) is 6.47. The summed E-state index contributed by atoms with van der Waals surface area (Å²) in [6.07, 6.45) is 3.50. The lowest BCUT2D eigenvalue weighted by Gasteiger charge is -2.32. The first-order valence-electron chi connectivity index (χ1n) is 5.76. The summed E-state index contributed by atoms with van der Waals surface area (Å²) in [7, 11) is 1.77. The van der Waals surface area contributed by atoms with Crippen molar-refractivity contribution < 1.29 is 9.90 Å². The van der Waals surface area contributed by atoms with Gasteiger partial charge in [0.05, 0.1) is 6.10 Å². The molecule has 1 saturated heterocycles. The standard InChI is InChI=1S/C11H22N2O2S/c1-9(14)8-12(2)11(15)10-4-6-13(16-3)7-5-10/h9-10,14H,4-8H2,1-3H3. The summed E-state index contributed by atoms with van der Waals surface area (Å²) in [5, 5.41) is 9.24. The van der Waals surface area contributed by atoms with Crippen LogP contribution < -0.4 is 0 Å². The highest BCUT2D eigenvalue weighted by Crippen LogP contribution is 2.22. The van der Waals surface area contributed by atoms with Crippen molar-refractivity contribution in [1.29, 1.82) is 0 Å². The van der Waals surface area contributed by atoms with Gasteiger partial charge in [0.25, 0.3) is 0 Å². The zero-order valence-electron chi connectivity index (χ0n) is 10.3. The molecule has 0 spiro atoms. The summed E-state index contributed by atoms with van der Waals surface area (Å²) in [5.74, 6) is 0.328. The second-order valence-corrected chi connectivity index (χ2v) is 5.34. The van der Waals surface area contributed by atoms with Crippen LogP contribution in [0.1, 0.15) is 19.8 Å². The van der Waals surface area contributed by atoms with Gasteiger partial charge in [0.2, 0.25) is 5.91 Å². The van der Waals surface area contributed by atoms with E-state index in [1.54, 1.807) is 30.8 Å². The second-order valence-electron chi connectivity index (χ2n) is 4.45. The minimum absolute atomic E-state index is 0.146. The Kier molecular flexibility index (Phi) is 5.58. The first kappa shape index (κ1) is 13.8. The van der Waals surface area contributed by atoms with Crippen LogP contribution in [-0.4, -0.2) is 59.3 Å². The monoisotopic (exact) mass is 246 g/mol. The molecule has 1 fully saturated rings. The maximum absolute atomic E-state index is 12.0. The van der Waals surface area contributed by atoms with Crippen LogP contribution in [0.3, 0.4) is 0 Å². The van der Waals surface area contributed by atoms with Gasteiger partial charge in [-0.05, 0) is 26.0 Å².